The lowest BCUT2D eigenvalue weighted by Gasteiger charge is -2.19. The molecule has 2 amide bonds. The number of aromatic nitrogens is 1. The van der Waals surface area contributed by atoms with Crippen molar-refractivity contribution in [3.05, 3.63) is 77.9 Å². The summed E-state index contributed by atoms with van der Waals surface area (Å²) in [4.78, 5) is 29.7. The van der Waals surface area contributed by atoms with Gasteiger partial charge in [0, 0.05) is 11.3 Å². The van der Waals surface area contributed by atoms with E-state index in [0.717, 1.165) is 14.6 Å². The maximum absolute atomic E-state index is 12.7. The third-order valence-corrected chi connectivity index (χ3v) is 7.51. The largest absolute Gasteiger partial charge is 0.495 e. The van der Waals surface area contributed by atoms with E-state index in [1.165, 1.54) is 28.7 Å². The van der Waals surface area contributed by atoms with Gasteiger partial charge in [-0.2, -0.15) is 0 Å². The molecule has 0 atom stereocenters. The Balaban J connectivity index is 1.38. The average Bonchev–Trinajstić information content (AvgIpc) is 3.25. The van der Waals surface area contributed by atoms with Crippen molar-refractivity contribution in [3.63, 3.8) is 0 Å². The lowest BCUT2D eigenvalue weighted by Crippen LogP contribution is -2.14. The van der Waals surface area contributed by atoms with Crippen LogP contribution in [-0.4, -0.2) is 29.7 Å². The lowest BCUT2D eigenvalue weighted by atomic mass is 9.87. The minimum absolute atomic E-state index is 0.0387. The fraction of sp³-hybridized carbons (Fsp3) is 0.222. The molecule has 0 aliphatic heterocycles. The summed E-state index contributed by atoms with van der Waals surface area (Å²) >= 11 is 2.86. The predicted molar refractivity (Wildman–Crippen MR) is 145 cm³/mol. The van der Waals surface area contributed by atoms with E-state index < -0.39 is 0 Å². The van der Waals surface area contributed by atoms with Crippen LogP contribution in [0.15, 0.2) is 71.1 Å². The summed E-state index contributed by atoms with van der Waals surface area (Å²) in [6, 6.07) is 20.6. The number of thioether (sulfide) groups is 1. The molecule has 0 spiro atoms. The first kappa shape index (κ1) is 24.8. The van der Waals surface area contributed by atoms with Crippen LogP contribution in [0.3, 0.4) is 0 Å². The molecule has 0 bridgehead atoms. The first-order chi connectivity index (χ1) is 16.7. The molecular formula is C27H27N3O3S2. The lowest BCUT2D eigenvalue weighted by molar-refractivity contribution is -0.113. The van der Waals surface area contributed by atoms with Gasteiger partial charge in [-0.15, -0.1) is 11.3 Å². The van der Waals surface area contributed by atoms with Crippen molar-refractivity contribution in [2.75, 3.05) is 23.5 Å². The number of benzene rings is 3. The molecule has 2 N–H and O–H groups in total. The molecule has 0 radical (unpaired) electrons. The number of rotatable bonds is 7. The van der Waals surface area contributed by atoms with E-state index in [1.54, 1.807) is 19.2 Å². The molecule has 0 fully saturated rings. The highest BCUT2D eigenvalue weighted by molar-refractivity contribution is 8.01. The summed E-state index contributed by atoms with van der Waals surface area (Å²) in [6.07, 6.45) is 0. The molecule has 6 nitrogen and oxygen atoms in total. The highest BCUT2D eigenvalue weighted by Crippen LogP contribution is 2.32. The van der Waals surface area contributed by atoms with E-state index in [0.29, 0.717) is 22.7 Å². The van der Waals surface area contributed by atoms with Crippen molar-refractivity contribution >= 4 is 56.5 Å². The number of hydrogen-bond donors (Lipinski definition) is 2. The molecule has 0 saturated carbocycles. The Kier molecular flexibility index (Phi) is 7.42. The Bertz CT molecular complexity index is 1360. The summed E-state index contributed by atoms with van der Waals surface area (Å²) in [5.41, 5.74) is 4.00. The average molecular weight is 506 g/mol. The highest BCUT2D eigenvalue weighted by atomic mass is 32.2. The van der Waals surface area contributed by atoms with Crippen molar-refractivity contribution in [3.8, 4) is 5.75 Å². The molecule has 0 aliphatic rings. The Morgan fingerprint density at radius 1 is 1.00 bits per heavy atom. The quantitative estimate of drug-likeness (QED) is 0.277. The van der Waals surface area contributed by atoms with E-state index in [1.807, 2.05) is 54.6 Å². The molecule has 8 heteroatoms. The number of hydrogen-bond acceptors (Lipinski definition) is 6. The first-order valence-corrected chi connectivity index (χ1v) is 12.9. The van der Waals surface area contributed by atoms with Gasteiger partial charge < -0.3 is 15.4 Å². The summed E-state index contributed by atoms with van der Waals surface area (Å²) in [5, 5.41) is 5.83. The number of carbonyl (C=O) groups is 2. The Morgan fingerprint density at radius 2 is 1.74 bits per heavy atom. The van der Waals surface area contributed by atoms with Crippen molar-refractivity contribution in [2.45, 2.75) is 30.5 Å². The Morgan fingerprint density at radius 3 is 2.46 bits per heavy atom. The van der Waals surface area contributed by atoms with Gasteiger partial charge in [0.1, 0.15) is 5.75 Å². The number of para-hydroxylation sites is 2. The molecule has 4 aromatic rings. The molecular weight excluding hydrogens is 478 g/mol. The predicted octanol–water partition coefficient (Wildman–Crippen LogP) is 6.59. The number of nitrogens with zero attached hydrogens (tertiary/aromatic N) is 1. The third-order valence-electron chi connectivity index (χ3n) is 5.35. The number of anilines is 2. The second-order valence-electron chi connectivity index (χ2n) is 8.98. The van der Waals surface area contributed by atoms with Gasteiger partial charge in [-0.05, 0) is 53.4 Å². The zero-order chi connectivity index (χ0) is 25.0. The minimum atomic E-state index is -0.156. The van der Waals surface area contributed by atoms with E-state index in [-0.39, 0.29) is 23.0 Å². The molecule has 0 saturated heterocycles. The first-order valence-electron chi connectivity index (χ1n) is 11.1. The fourth-order valence-electron chi connectivity index (χ4n) is 3.43. The van der Waals surface area contributed by atoms with Crippen molar-refractivity contribution in [2.24, 2.45) is 0 Å². The van der Waals surface area contributed by atoms with Crippen LogP contribution in [0.25, 0.3) is 10.2 Å². The normalized spacial score (nSPS) is 11.3. The fourth-order valence-corrected chi connectivity index (χ4v) is 5.34. The molecule has 3 aromatic carbocycles. The molecule has 0 unspecified atom stereocenters. The van der Waals surface area contributed by atoms with Gasteiger partial charge in [0.25, 0.3) is 5.91 Å². The number of fused-ring (bicyclic) bond motifs is 1. The maximum Gasteiger partial charge on any atom is 0.255 e. The number of carbonyl (C=O) groups excluding carboxylic acids is 2. The molecule has 0 aliphatic carbocycles. The van der Waals surface area contributed by atoms with Crippen LogP contribution < -0.4 is 15.4 Å². The monoisotopic (exact) mass is 505 g/mol. The van der Waals surface area contributed by atoms with Crippen LogP contribution in [0.4, 0.5) is 11.4 Å². The van der Waals surface area contributed by atoms with Crippen molar-refractivity contribution in [1.29, 1.82) is 0 Å². The highest BCUT2D eigenvalue weighted by Gasteiger charge is 2.15. The Hall–Kier alpha value is -3.36. The van der Waals surface area contributed by atoms with Gasteiger partial charge in [-0.1, -0.05) is 56.8 Å². The minimum Gasteiger partial charge on any atom is -0.495 e. The van der Waals surface area contributed by atoms with E-state index >= 15 is 0 Å². The van der Waals surface area contributed by atoms with Gasteiger partial charge in [0.05, 0.1) is 28.8 Å². The van der Waals surface area contributed by atoms with Gasteiger partial charge in [-0.25, -0.2) is 4.98 Å². The number of thiazole rings is 1. The van der Waals surface area contributed by atoms with Crippen LogP contribution in [-0.2, 0) is 10.2 Å². The molecule has 4 rings (SSSR count). The van der Waals surface area contributed by atoms with Crippen LogP contribution in [0.5, 0.6) is 5.75 Å². The molecule has 1 heterocycles. The Labute approximate surface area is 213 Å². The van der Waals surface area contributed by atoms with Crippen LogP contribution in [0, 0.1) is 0 Å². The number of ether oxygens (including phenoxy) is 1. The summed E-state index contributed by atoms with van der Waals surface area (Å²) in [7, 11) is 1.57. The van der Waals surface area contributed by atoms with E-state index in [2.05, 4.69) is 36.4 Å². The van der Waals surface area contributed by atoms with Crippen LogP contribution in [0.1, 0.15) is 36.7 Å². The van der Waals surface area contributed by atoms with Gasteiger partial charge in [-0.3, -0.25) is 9.59 Å². The van der Waals surface area contributed by atoms with Gasteiger partial charge >= 0.3 is 0 Å². The molecule has 35 heavy (non-hydrogen) atoms. The van der Waals surface area contributed by atoms with Crippen molar-refractivity contribution < 1.29 is 14.3 Å². The second kappa shape index (κ2) is 10.5. The van der Waals surface area contributed by atoms with Crippen LogP contribution in [0.2, 0.25) is 0 Å². The van der Waals surface area contributed by atoms with Crippen LogP contribution >= 0.6 is 23.1 Å². The van der Waals surface area contributed by atoms with Crippen molar-refractivity contribution in [1.82, 2.24) is 4.98 Å². The van der Waals surface area contributed by atoms with Gasteiger partial charge in [0.2, 0.25) is 5.91 Å². The van der Waals surface area contributed by atoms with E-state index in [9.17, 15) is 9.59 Å². The third kappa shape index (κ3) is 6.21. The van der Waals surface area contributed by atoms with Gasteiger partial charge in [0.15, 0.2) is 4.34 Å². The summed E-state index contributed by atoms with van der Waals surface area (Å²) < 4.78 is 7.00. The zero-order valence-corrected chi connectivity index (χ0v) is 21.7. The summed E-state index contributed by atoms with van der Waals surface area (Å²) in [6.45, 7) is 6.43. The second-order valence-corrected chi connectivity index (χ2v) is 11.2. The number of amides is 2. The molecule has 1 aromatic heterocycles. The zero-order valence-electron chi connectivity index (χ0n) is 20.0. The smallest absolute Gasteiger partial charge is 0.255 e. The number of methoxy groups -OCH3 is 1. The van der Waals surface area contributed by atoms with E-state index in [4.69, 9.17) is 4.74 Å². The number of nitrogens with one attached hydrogen (secondary N) is 2. The SMILES string of the molecule is COc1ccccc1NC(=O)CSc1nc2ccc(NC(=O)c3ccc(C(C)(C)C)cc3)cc2s1. The maximum atomic E-state index is 12.7. The topological polar surface area (TPSA) is 80.3 Å². The molecule has 180 valence electrons. The standard InChI is InChI=1S/C27H27N3O3S2/c1-27(2,3)18-11-9-17(10-12-18)25(32)28-19-13-14-21-23(15-19)35-26(30-21)34-16-24(31)29-20-7-5-6-8-22(20)33-4/h5-15H,16H2,1-4H3,(H,28,32)(H,29,31). The summed E-state index contributed by atoms with van der Waals surface area (Å²) in [5.74, 6) is 0.554.